The topological polar surface area (TPSA) is 169 Å². The Labute approximate surface area is 260 Å². The Balaban J connectivity index is 1.48. The summed E-state index contributed by atoms with van der Waals surface area (Å²) in [4.78, 5) is 61.0. The molecule has 0 saturated carbocycles. The zero-order valence-corrected chi connectivity index (χ0v) is 25.8. The van der Waals surface area contributed by atoms with E-state index in [-0.39, 0.29) is 32.1 Å². The van der Waals surface area contributed by atoms with Gasteiger partial charge in [-0.25, -0.2) is 9.67 Å². The summed E-state index contributed by atoms with van der Waals surface area (Å²) in [6.45, 7) is 6.49. The zero-order chi connectivity index (χ0) is 32.1. The lowest BCUT2D eigenvalue weighted by molar-refractivity contribution is -0.138. The molecule has 0 aliphatic carbocycles. The summed E-state index contributed by atoms with van der Waals surface area (Å²) >= 11 is 0. The first-order valence-corrected chi connectivity index (χ1v) is 15.0. The summed E-state index contributed by atoms with van der Waals surface area (Å²) in [5.74, 6) is -0.957. The maximum Gasteiger partial charge on any atom is 0.246 e. The highest BCUT2D eigenvalue weighted by Crippen LogP contribution is 2.18. The van der Waals surface area contributed by atoms with Crippen LogP contribution in [0.3, 0.4) is 0 Å². The van der Waals surface area contributed by atoms with E-state index in [0.717, 1.165) is 5.56 Å². The minimum Gasteiger partial charge on any atom is -0.350 e. The Bertz CT molecular complexity index is 1650. The first-order chi connectivity index (χ1) is 21.5. The molecular formula is C31H38N10O4. The molecule has 3 heterocycles. The second kappa shape index (κ2) is 13.7. The second-order valence-electron chi connectivity index (χ2n) is 11.6. The number of hydrogen-bond acceptors (Lipinski definition) is 8. The monoisotopic (exact) mass is 614 g/mol. The highest BCUT2D eigenvalue weighted by molar-refractivity contribution is 5.88. The van der Waals surface area contributed by atoms with Crippen LogP contribution in [0.5, 0.6) is 0 Å². The van der Waals surface area contributed by atoms with Crippen molar-refractivity contribution in [2.45, 2.75) is 65.3 Å². The molecule has 5 rings (SSSR count). The van der Waals surface area contributed by atoms with E-state index in [1.165, 1.54) is 14.4 Å². The van der Waals surface area contributed by atoms with Gasteiger partial charge in [-0.1, -0.05) is 56.3 Å². The Hall–Kier alpha value is -5.14. The van der Waals surface area contributed by atoms with Gasteiger partial charge >= 0.3 is 0 Å². The van der Waals surface area contributed by atoms with Gasteiger partial charge < -0.3 is 20.9 Å². The van der Waals surface area contributed by atoms with Crippen LogP contribution in [0.25, 0.3) is 11.0 Å². The lowest BCUT2D eigenvalue weighted by atomic mass is 10.0. The Morgan fingerprint density at radius 2 is 1.53 bits per heavy atom. The van der Waals surface area contributed by atoms with Crippen LogP contribution < -0.4 is 16.0 Å². The number of amides is 4. The second-order valence-corrected chi connectivity index (χ2v) is 11.6. The molecule has 45 heavy (non-hydrogen) atoms. The number of aryl methyl sites for hydroxylation is 1. The van der Waals surface area contributed by atoms with Crippen molar-refractivity contribution in [3.63, 3.8) is 0 Å². The summed E-state index contributed by atoms with van der Waals surface area (Å²) in [7, 11) is 0. The molecule has 0 fully saturated rings. The van der Waals surface area contributed by atoms with Crippen LogP contribution in [0.4, 0.5) is 0 Å². The van der Waals surface area contributed by atoms with E-state index in [0.29, 0.717) is 29.1 Å². The smallest absolute Gasteiger partial charge is 0.246 e. The van der Waals surface area contributed by atoms with E-state index >= 15 is 0 Å². The molecule has 0 bridgehead atoms. The van der Waals surface area contributed by atoms with Crippen LogP contribution in [0.15, 0.2) is 54.6 Å². The maximum absolute atomic E-state index is 13.8. The number of hydrogen-bond donors (Lipinski definition) is 3. The van der Waals surface area contributed by atoms with Gasteiger partial charge in [0.25, 0.3) is 0 Å². The molecule has 4 amide bonds. The number of nitrogens with one attached hydrogen (secondary N) is 3. The van der Waals surface area contributed by atoms with Crippen LogP contribution >= 0.6 is 0 Å². The van der Waals surface area contributed by atoms with Crippen LogP contribution in [0.2, 0.25) is 0 Å². The van der Waals surface area contributed by atoms with Crippen molar-refractivity contribution in [2.75, 3.05) is 13.1 Å². The summed E-state index contributed by atoms with van der Waals surface area (Å²) in [5.41, 5.74) is 2.23. The molecule has 14 heteroatoms. The predicted molar refractivity (Wildman–Crippen MR) is 164 cm³/mol. The highest BCUT2D eigenvalue weighted by atomic mass is 16.2. The van der Waals surface area contributed by atoms with Crippen LogP contribution in [0.1, 0.15) is 44.0 Å². The first-order valence-electron chi connectivity index (χ1n) is 15.0. The van der Waals surface area contributed by atoms with Crippen LogP contribution in [-0.4, -0.2) is 83.5 Å². The minimum atomic E-state index is -0.860. The van der Waals surface area contributed by atoms with E-state index in [1.807, 2.05) is 56.3 Å². The van der Waals surface area contributed by atoms with Gasteiger partial charge in [0.15, 0.2) is 5.82 Å². The summed E-state index contributed by atoms with van der Waals surface area (Å²) < 4.78 is 1.44. The van der Waals surface area contributed by atoms with Crippen molar-refractivity contribution >= 4 is 34.7 Å². The first kappa shape index (κ1) is 31.3. The third-order valence-corrected chi connectivity index (χ3v) is 7.64. The lowest BCUT2D eigenvalue weighted by Gasteiger charge is -2.31. The molecular weight excluding hydrogens is 576 g/mol. The fourth-order valence-electron chi connectivity index (χ4n) is 5.22. The Kier molecular flexibility index (Phi) is 9.50. The van der Waals surface area contributed by atoms with Crippen molar-refractivity contribution in [1.82, 2.24) is 50.6 Å². The standard InChI is InChI=1S/C31H38N10O4/c1-19(2)26-15-39(29(44)18-41-37-23-12-8-9-13-24(23)38-41)16-27(42)34-25(14-22-10-6-5-7-11-22)30-33-21(4)36-40(30)17-28(43)32-20(3)31(45)35-26/h5-13,19-20,25-26H,14-18H2,1-4H3,(H,32,43)(H,34,42)(H,35,45)/t20-,25+,26-/m1/s1. The average molecular weight is 615 g/mol. The van der Waals surface area contributed by atoms with Gasteiger partial charge in [0.1, 0.15) is 36.0 Å². The number of carbonyl (C=O) groups is 4. The number of carbonyl (C=O) groups excluding carboxylic acids is 4. The van der Waals surface area contributed by atoms with Gasteiger partial charge in [-0.2, -0.15) is 20.1 Å². The van der Waals surface area contributed by atoms with E-state index in [2.05, 4.69) is 36.2 Å². The normalized spacial score (nSPS) is 20.2. The van der Waals surface area contributed by atoms with Crippen molar-refractivity contribution in [3.05, 3.63) is 71.8 Å². The van der Waals surface area contributed by atoms with Gasteiger partial charge in [-0.15, -0.1) is 0 Å². The molecule has 3 N–H and O–H groups in total. The third-order valence-electron chi connectivity index (χ3n) is 7.64. The van der Waals surface area contributed by atoms with Gasteiger partial charge in [-0.3, -0.25) is 19.2 Å². The molecule has 2 aromatic heterocycles. The van der Waals surface area contributed by atoms with Crippen molar-refractivity contribution in [2.24, 2.45) is 5.92 Å². The number of nitrogens with zero attached hydrogens (tertiary/aromatic N) is 7. The molecule has 1 aliphatic heterocycles. The minimum absolute atomic E-state index is 0.0513. The van der Waals surface area contributed by atoms with Gasteiger partial charge in [0.2, 0.25) is 23.6 Å². The molecule has 4 aromatic rings. The average Bonchev–Trinajstić information content (AvgIpc) is 3.57. The number of aromatic nitrogens is 6. The number of fused-ring (bicyclic) bond motifs is 2. The van der Waals surface area contributed by atoms with Crippen molar-refractivity contribution < 1.29 is 19.2 Å². The maximum atomic E-state index is 13.8. The van der Waals surface area contributed by atoms with Crippen LogP contribution in [0, 0.1) is 12.8 Å². The van der Waals surface area contributed by atoms with Gasteiger partial charge in [-0.05, 0) is 43.9 Å². The van der Waals surface area contributed by atoms with Crippen molar-refractivity contribution in [3.8, 4) is 0 Å². The molecule has 0 radical (unpaired) electrons. The van der Waals surface area contributed by atoms with E-state index in [9.17, 15) is 19.2 Å². The predicted octanol–water partition coefficient (Wildman–Crippen LogP) is 0.919. The molecule has 0 spiro atoms. The van der Waals surface area contributed by atoms with Gasteiger partial charge in [0, 0.05) is 12.6 Å². The highest BCUT2D eigenvalue weighted by Gasteiger charge is 2.30. The molecule has 2 aromatic carbocycles. The van der Waals surface area contributed by atoms with Crippen molar-refractivity contribution in [1.29, 1.82) is 0 Å². The van der Waals surface area contributed by atoms with E-state index in [4.69, 9.17) is 0 Å². The summed E-state index contributed by atoms with van der Waals surface area (Å²) in [5, 5.41) is 21.9. The zero-order valence-electron chi connectivity index (χ0n) is 25.8. The molecule has 14 nitrogen and oxygen atoms in total. The summed E-state index contributed by atoms with van der Waals surface area (Å²) in [6.07, 6.45) is 0.370. The number of rotatable bonds is 5. The largest absolute Gasteiger partial charge is 0.350 e. The van der Waals surface area contributed by atoms with Crippen LogP contribution in [-0.2, 0) is 38.7 Å². The third kappa shape index (κ3) is 7.88. The molecule has 0 saturated heterocycles. The SMILES string of the molecule is Cc1nc2n(n1)CC(=O)N[C@H](C)C(=O)N[C@@H](C(C)C)CN(C(=O)Cn1nc3ccccc3n1)CC(=O)N[C@H]2Cc1ccccc1. The van der Waals surface area contributed by atoms with E-state index < -0.39 is 41.8 Å². The Morgan fingerprint density at radius 3 is 2.20 bits per heavy atom. The molecule has 3 atom stereocenters. The quantitative estimate of drug-likeness (QED) is 0.298. The fraction of sp³-hybridized carbons (Fsp3) is 0.419. The molecule has 1 aliphatic rings. The fourth-order valence-corrected chi connectivity index (χ4v) is 5.22. The molecule has 236 valence electrons. The lowest BCUT2D eigenvalue weighted by Crippen LogP contribution is -2.55. The summed E-state index contributed by atoms with van der Waals surface area (Å²) in [6, 6.07) is 14.8. The van der Waals surface area contributed by atoms with E-state index in [1.54, 1.807) is 26.0 Å². The van der Waals surface area contributed by atoms with Gasteiger partial charge in [0.05, 0.1) is 12.6 Å². The Morgan fingerprint density at radius 1 is 0.889 bits per heavy atom. The molecule has 0 unspecified atom stereocenters. The number of benzene rings is 2.